The van der Waals surface area contributed by atoms with Gasteiger partial charge in [0.05, 0.1) is 19.1 Å². The van der Waals surface area contributed by atoms with Crippen molar-refractivity contribution < 1.29 is 24.2 Å². The molecule has 1 aliphatic heterocycles. The molecule has 2 aromatic carbocycles. The van der Waals surface area contributed by atoms with Gasteiger partial charge in [-0.15, -0.1) is 0 Å². The van der Waals surface area contributed by atoms with Crippen LogP contribution in [0, 0.1) is 0 Å². The minimum Gasteiger partial charge on any atom is -0.545 e. The quantitative estimate of drug-likeness (QED) is 0.779. The topological polar surface area (TPSA) is 98.8 Å². The number of carbonyl (C=O) groups excluding carboxylic acids is 3. The molecule has 0 saturated carbocycles. The van der Waals surface area contributed by atoms with Crippen molar-refractivity contribution in [1.82, 2.24) is 4.90 Å². The van der Waals surface area contributed by atoms with Crippen LogP contribution < -0.4 is 15.2 Å². The van der Waals surface area contributed by atoms with Gasteiger partial charge in [0.2, 0.25) is 0 Å². The first-order valence-electron chi connectivity index (χ1n) is 8.29. The molecular formula is C19H17N2O5S-. The number of ether oxygens (including phenoxy) is 1. The highest BCUT2D eigenvalue weighted by atomic mass is 32.2. The van der Waals surface area contributed by atoms with E-state index in [4.69, 9.17) is 4.74 Å². The van der Waals surface area contributed by atoms with Gasteiger partial charge in [-0.25, -0.2) is 0 Å². The van der Waals surface area contributed by atoms with Crippen molar-refractivity contribution in [3.63, 3.8) is 0 Å². The zero-order valence-corrected chi connectivity index (χ0v) is 15.3. The second kappa shape index (κ2) is 8.13. The monoisotopic (exact) mass is 385 g/mol. The van der Waals surface area contributed by atoms with Gasteiger partial charge in [0.15, 0.2) is 5.37 Å². The van der Waals surface area contributed by atoms with Crippen LogP contribution in [-0.2, 0) is 11.3 Å². The number of hydrogen-bond acceptors (Lipinski definition) is 7. The van der Waals surface area contributed by atoms with Gasteiger partial charge in [-0.05, 0) is 60.1 Å². The van der Waals surface area contributed by atoms with Crippen molar-refractivity contribution in [3.8, 4) is 5.75 Å². The van der Waals surface area contributed by atoms with Crippen molar-refractivity contribution in [2.75, 3.05) is 11.9 Å². The molecule has 3 rings (SSSR count). The highest BCUT2D eigenvalue weighted by molar-refractivity contribution is 8.15. The van der Waals surface area contributed by atoms with E-state index in [2.05, 4.69) is 5.32 Å². The maximum Gasteiger partial charge on any atom is 0.291 e. The number of hydrogen-bond donors (Lipinski definition) is 1. The number of rotatable bonds is 7. The summed E-state index contributed by atoms with van der Waals surface area (Å²) in [5.41, 5.74) is 1.24. The number of thioether (sulfide) groups is 1. The Hall–Kier alpha value is -3.00. The van der Waals surface area contributed by atoms with Gasteiger partial charge in [-0.2, -0.15) is 0 Å². The summed E-state index contributed by atoms with van der Waals surface area (Å²) in [5, 5.41) is 12.9. The molecule has 0 aromatic heterocycles. The summed E-state index contributed by atoms with van der Waals surface area (Å²) < 4.78 is 5.37. The van der Waals surface area contributed by atoms with Crippen molar-refractivity contribution >= 4 is 34.6 Å². The van der Waals surface area contributed by atoms with Gasteiger partial charge in [-0.1, -0.05) is 18.2 Å². The number of nitrogens with one attached hydrogen (secondary N) is 1. The summed E-state index contributed by atoms with van der Waals surface area (Å²) in [7, 11) is 0. The fourth-order valence-electron chi connectivity index (χ4n) is 2.62. The van der Waals surface area contributed by atoms with E-state index >= 15 is 0 Å². The number of nitrogens with zero attached hydrogens (tertiary/aromatic N) is 1. The van der Waals surface area contributed by atoms with Crippen LogP contribution in [0.2, 0.25) is 0 Å². The Labute approximate surface area is 160 Å². The van der Waals surface area contributed by atoms with Crippen LogP contribution in [-0.4, -0.2) is 34.0 Å². The molecule has 1 heterocycles. The second-order valence-corrected chi connectivity index (χ2v) is 6.83. The van der Waals surface area contributed by atoms with E-state index in [1.165, 1.54) is 12.1 Å². The highest BCUT2D eigenvalue weighted by Gasteiger charge is 2.39. The van der Waals surface area contributed by atoms with Crippen LogP contribution in [0.1, 0.15) is 22.8 Å². The number of benzene rings is 2. The lowest BCUT2D eigenvalue weighted by molar-refractivity contribution is -0.255. The van der Waals surface area contributed by atoms with Gasteiger partial charge < -0.3 is 20.0 Å². The molecule has 0 radical (unpaired) electrons. The van der Waals surface area contributed by atoms with Crippen LogP contribution >= 0.6 is 11.8 Å². The molecule has 2 aromatic rings. The van der Waals surface area contributed by atoms with Crippen LogP contribution in [0.3, 0.4) is 0 Å². The van der Waals surface area contributed by atoms with Gasteiger partial charge in [0, 0.05) is 5.69 Å². The van der Waals surface area contributed by atoms with E-state index in [1.54, 1.807) is 36.4 Å². The average Bonchev–Trinajstić information content (AvgIpc) is 2.91. The Kier molecular flexibility index (Phi) is 5.66. The maximum absolute atomic E-state index is 12.6. The van der Waals surface area contributed by atoms with Crippen molar-refractivity contribution in [1.29, 1.82) is 0 Å². The summed E-state index contributed by atoms with van der Waals surface area (Å²) in [6.45, 7) is 2.46. The number of carboxylic acid groups (broad SMARTS) is 1. The predicted molar refractivity (Wildman–Crippen MR) is 99.3 cm³/mol. The third-order valence-corrected chi connectivity index (χ3v) is 4.87. The molecule has 1 N–H and O–H groups in total. The minimum atomic E-state index is -1.31. The van der Waals surface area contributed by atoms with E-state index in [0.29, 0.717) is 17.9 Å². The molecule has 140 valence electrons. The molecule has 0 spiro atoms. The maximum atomic E-state index is 12.6. The molecule has 8 heteroatoms. The van der Waals surface area contributed by atoms with E-state index in [-0.39, 0.29) is 23.3 Å². The fraction of sp³-hybridized carbons (Fsp3) is 0.211. The molecule has 27 heavy (non-hydrogen) atoms. The normalized spacial score (nSPS) is 16.5. The van der Waals surface area contributed by atoms with Crippen LogP contribution in [0.15, 0.2) is 48.5 Å². The Balaban J connectivity index is 1.67. The summed E-state index contributed by atoms with van der Waals surface area (Å²) in [6.07, 6.45) is 0. The van der Waals surface area contributed by atoms with Crippen LogP contribution in [0.4, 0.5) is 10.5 Å². The van der Waals surface area contributed by atoms with E-state index in [0.717, 1.165) is 22.4 Å². The zero-order chi connectivity index (χ0) is 19.4. The number of carbonyl (C=O) groups is 3. The number of anilines is 1. The second-order valence-electron chi connectivity index (χ2n) is 5.78. The molecule has 1 saturated heterocycles. The lowest BCUT2D eigenvalue weighted by Gasteiger charge is -2.16. The Bertz CT molecular complexity index is 869. The van der Waals surface area contributed by atoms with E-state index < -0.39 is 11.3 Å². The van der Waals surface area contributed by atoms with Crippen molar-refractivity contribution in [2.24, 2.45) is 0 Å². The first kappa shape index (κ1) is 18.8. The molecule has 7 nitrogen and oxygen atoms in total. The van der Waals surface area contributed by atoms with E-state index in [9.17, 15) is 19.5 Å². The molecule has 0 bridgehead atoms. The third kappa shape index (κ3) is 4.40. The molecule has 0 aliphatic carbocycles. The first-order chi connectivity index (χ1) is 13.0. The van der Waals surface area contributed by atoms with Crippen LogP contribution in [0.5, 0.6) is 5.75 Å². The summed E-state index contributed by atoms with van der Waals surface area (Å²) in [4.78, 5) is 36.9. The highest BCUT2D eigenvalue weighted by Crippen LogP contribution is 2.30. The number of carboxylic acids is 1. The SMILES string of the molecule is CCOc1ccc(N[C@@H]2SC(=O)N(Cc3cccc(C(=O)[O-])c3)C2=O)cc1. The number of amides is 2. The van der Waals surface area contributed by atoms with Gasteiger partial charge in [-0.3, -0.25) is 14.5 Å². The molecule has 1 fully saturated rings. The smallest absolute Gasteiger partial charge is 0.291 e. The molecule has 2 amide bonds. The largest absolute Gasteiger partial charge is 0.545 e. The Morgan fingerprint density at radius 2 is 1.96 bits per heavy atom. The Morgan fingerprint density at radius 3 is 2.63 bits per heavy atom. The van der Waals surface area contributed by atoms with Crippen molar-refractivity contribution in [2.45, 2.75) is 18.8 Å². The summed E-state index contributed by atoms with van der Waals surface area (Å²) in [5.74, 6) is -0.961. The molecule has 0 unspecified atom stereocenters. The number of imide groups is 1. The number of aromatic carboxylic acids is 1. The Morgan fingerprint density at radius 1 is 1.22 bits per heavy atom. The molecule has 1 aliphatic rings. The van der Waals surface area contributed by atoms with Gasteiger partial charge >= 0.3 is 0 Å². The van der Waals surface area contributed by atoms with Gasteiger partial charge in [0.1, 0.15) is 5.75 Å². The lowest BCUT2D eigenvalue weighted by atomic mass is 10.1. The van der Waals surface area contributed by atoms with Crippen LogP contribution in [0.25, 0.3) is 0 Å². The average molecular weight is 385 g/mol. The standard InChI is InChI=1S/C19H18N2O5S/c1-2-26-15-8-6-14(7-9-15)20-16-17(22)21(19(25)27-16)11-12-4-3-5-13(10-12)18(23)24/h3-10,16,20H,2,11H2,1H3,(H,23,24)/p-1/t16-/m1/s1. The molecular weight excluding hydrogens is 368 g/mol. The minimum absolute atomic E-state index is 0.00307. The van der Waals surface area contributed by atoms with E-state index in [1.807, 2.05) is 6.92 Å². The molecule has 1 atom stereocenters. The van der Waals surface area contributed by atoms with Crippen molar-refractivity contribution in [3.05, 3.63) is 59.7 Å². The third-order valence-electron chi connectivity index (χ3n) is 3.90. The first-order valence-corrected chi connectivity index (χ1v) is 9.17. The summed E-state index contributed by atoms with van der Waals surface area (Å²) in [6, 6.07) is 13.1. The summed E-state index contributed by atoms with van der Waals surface area (Å²) >= 11 is 0.887. The zero-order valence-electron chi connectivity index (χ0n) is 14.5. The van der Waals surface area contributed by atoms with Gasteiger partial charge in [0.25, 0.3) is 11.1 Å². The lowest BCUT2D eigenvalue weighted by Crippen LogP contribution is -2.34. The fourth-order valence-corrected chi connectivity index (χ4v) is 3.53. The predicted octanol–water partition coefficient (Wildman–Crippen LogP) is 2.08.